The lowest BCUT2D eigenvalue weighted by atomic mass is 10.0. The van der Waals surface area contributed by atoms with E-state index in [9.17, 15) is 9.59 Å². The second-order valence-electron chi connectivity index (χ2n) is 7.53. The van der Waals surface area contributed by atoms with Crippen LogP contribution in [0.5, 0.6) is 17.2 Å². The first-order chi connectivity index (χ1) is 15.6. The molecule has 4 rings (SSSR count). The molecule has 3 aromatic rings. The first-order valence-corrected chi connectivity index (χ1v) is 10.4. The number of rotatable bonds is 5. The van der Waals surface area contributed by atoms with Crippen molar-refractivity contribution in [1.82, 2.24) is 9.80 Å². The van der Waals surface area contributed by atoms with Crippen molar-refractivity contribution >= 4 is 22.6 Å². The molecule has 0 atom stereocenters. The monoisotopic (exact) mass is 434 g/mol. The maximum atomic E-state index is 13.2. The Hall–Kier alpha value is -3.74. The van der Waals surface area contributed by atoms with Crippen molar-refractivity contribution < 1.29 is 23.8 Å². The van der Waals surface area contributed by atoms with Gasteiger partial charge in [0.1, 0.15) is 0 Å². The van der Waals surface area contributed by atoms with Crippen LogP contribution in [0.3, 0.4) is 0 Å². The minimum Gasteiger partial charge on any atom is -0.493 e. The number of nitrogens with zero attached hydrogens (tertiary/aromatic N) is 2. The molecule has 3 aromatic carbocycles. The van der Waals surface area contributed by atoms with Crippen molar-refractivity contribution in [1.29, 1.82) is 0 Å². The first-order valence-electron chi connectivity index (χ1n) is 10.4. The number of hydrogen-bond acceptors (Lipinski definition) is 5. The third-order valence-corrected chi connectivity index (χ3v) is 5.79. The minimum atomic E-state index is -0.137. The molecule has 1 saturated heterocycles. The highest BCUT2D eigenvalue weighted by molar-refractivity contribution is 6.07. The van der Waals surface area contributed by atoms with Crippen LogP contribution in [0.1, 0.15) is 20.7 Å². The highest BCUT2D eigenvalue weighted by Gasteiger charge is 2.27. The molecule has 0 aromatic heterocycles. The normalized spacial score (nSPS) is 13.7. The summed E-state index contributed by atoms with van der Waals surface area (Å²) < 4.78 is 16.1. The fraction of sp³-hybridized carbons (Fsp3) is 0.280. The summed E-state index contributed by atoms with van der Waals surface area (Å²) in [6.45, 7) is 1.84. The van der Waals surface area contributed by atoms with E-state index in [1.54, 1.807) is 21.9 Å². The maximum Gasteiger partial charge on any atom is 0.254 e. The van der Waals surface area contributed by atoms with Crippen molar-refractivity contribution in [3.05, 3.63) is 65.7 Å². The van der Waals surface area contributed by atoms with Crippen LogP contribution in [0.25, 0.3) is 10.8 Å². The van der Waals surface area contributed by atoms with Gasteiger partial charge < -0.3 is 24.0 Å². The van der Waals surface area contributed by atoms with Crippen LogP contribution in [-0.2, 0) is 0 Å². The van der Waals surface area contributed by atoms with Crippen LogP contribution < -0.4 is 14.2 Å². The number of carbonyl (C=O) groups is 2. The number of hydrogen-bond donors (Lipinski definition) is 0. The molecule has 0 saturated carbocycles. The van der Waals surface area contributed by atoms with Crippen LogP contribution in [0.2, 0.25) is 0 Å². The molecule has 166 valence electrons. The molecule has 1 heterocycles. The van der Waals surface area contributed by atoms with Gasteiger partial charge in [-0.25, -0.2) is 0 Å². The summed E-state index contributed by atoms with van der Waals surface area (Å²) in [6.07, 6.45) is 0. The van der Waals surface area contributed by atoms with Crippen molar-refractivity contribution in [2.24, 2.45) is 0 Å². The van der Waals surface area contributed by atoms with Gasteiger partial charge in [-0.3, -0.25) is 9.59 Å². The van der Waals surface area contributed by atoms with Gasteiger partial charge in [0, 0.05) is 37.3 Å². The largest absolute Gasteiger partial charge is 0.493 e. The van der Waals surface area contributed by atoms with E-state index in [0.717, 1.165) is 10.8 Å². The number of piperazine rings is 1. The average Bonchev–Trinajstić information content (AvgIpc) is 2.86. The van der Waals surface area contributed by atoms with E-state index in [1.807, 2.05) is 42.5 Å². The lowest BCUT2D eigenvalue weighted by Gasteiger charge is -2.35. The summed E-state index contributed by atoms with van der Waals surface area (Å²) >= 11 is 0. The molecule has 0 bridgehead atoms. The molecule has 1 aliphatic heterocycles. The van der Waals surface area contributed by atoms with Crippen molar-refractivity contribution in [3.8, 4) is 17.2 Å². The standard InChI is InChI=1S/C25H26N2O5/c1-30-21-15-18(16-22(31-2)23(21)32-3)24(28)26-11-13-27(14-12-26)25(29)20-10-6-8-17-7-4-5-9-19(17)20/h4-10,15-16H,11-14H2,1-3H3. The van der Waals surface area contributed by atoms with Gasteiger partial charge in [0.15, 0.2) is 11.5 Å². The molecule has 0 spiro atoms. The highest BCUT2D eigenvalue weighted by atomic mass is 16.5. The lowest BCUT2D eigenvalue weighted by Crippen LogP contribution is -2.50. The predicted octanol–water partition coefficient (Wildman–Crippen LogP) is 3.46. The molecular formula is C25H26N2O5. The smallest absolute Gasteiger partial charge is 0.254 e. The van der Waals surface area contributed by atoms with E-state index in [-0.39, 0.29) is 11.8 Å². The number of amides is 2. The van der Waals surface area contributed by atoms with Crippen LogP contribution in [0, 0.1) is 0 Å². The highest BCUT2D eigenvalue weighted by Crippen LogP contribution is 2.38. The van der Waals surface area contributed by atoms with Gasteiger partial charge >= 0.3 is 0 Å². The molecule has 0 unspecified atom stereocenters. The third kappa shape index (κ3) is 3.93. The van der Waals surface area contributed by atoms with Crippen LogP contribution in [0.4, 0.5) is 0 Å². The summed E-state index contributed by atoms with van der Waals surface area (Å²) in [5.41, 5.74) is 1.14. The van der Waals surface area contributed by atoms with Gasteiger partial charge in [-0.2, -0.15) is 0 Å². The molecular weight excluding hydrogens is 408 g/mol. The summed E-state index contributed by atoms with van der Waals surface area (Å²) in [5, 5.41) is 1.98. The van der Waals surface area contributed by atoms with E-state index in [4.69, 9.17) is 14.2 Å². The Morgan fingerprint density at radius 1 is 0.719 bits per heavy atom. The maximum absolute atomic E-state index is 13.2. The zero-order valence-electron chi connectivity index (χ0n) is 18.5. The van der Waals surface area contributed by atoms with E-state index in [2.05, 4.69) is 0 Å². The summed E-state index contributed by atoms with van der Waals surface area (Å²) in [4.78, 5) is 29.9. The fourth-order valence-corrected chi connectivity index (χ4v) is 4.08. The van der Waals surface area contributed by atoms with Crippen LogP contribution in [-0.4, -0.2) is 69.1 Å². The molecule has 32 heavy (non-hydrogen) atoms. The molecule has 0 aliphatic carbocycles. The Balaban J connectivity index is 1.49. The Morgan fingerprint density at radius 2 is 1.28 bits per heavy atom. The quantitative estimate of drug-likeness (QED) is 0.615. The zero-order valence-corrected chi connectivity index (χ0v) is 18.5. The number of benzene rings is 3. The predicted molar refractivity (Wildman–Crippen MR) is 122 cm³/mol. The third-order valence-electron chi connectivity index (χ3n) is 5.79. The lowest BCUT2D eigenvalue weighted by molar-refractivity contribution is 0.0536. The summed E-state index contributed by atoms with van der Waals surface area (Å²) in [6, 6.07) is 16.9. The molecule has 7 heteroatoms. The van der Waals surface area contributed by atoms with E-state index < -0.39 is 0 Å². The van der Waals surface area contributed by atoms with E-state index in [1.165, 1.54) is 21.3 Å². The van der Waals surface area contributed by atoms with Crippen molar-refractivity contribution in [2.75, 3.05) is 47.5 Å². The molecule has 0 N–H and O–H groups in total. The number of carbonyl (C=O) groups excluding carboxylic acids is 2. The number of methoxy groups -OCH3 is 3. The SMILES string of the molecule is COc1cc(C(=O)N2CCN(C(=O)c3cccc4ccccc34)CC2)cc(OC)c1OC. The first kappa shape index (κ1) is 21.5. The average molecular weight is 434 g/mol. The van der Waals surface area contributed by atoms with E-state index in [0.29, 0.717) is 54.6 Å². The van der Waals surface area contributed by atoms with Gasteiger partial charge in [0.05, 0.1) is 21.3 Å². The minimum absolute atomic E-state index is 0.0123. The molecule has 1 fully saturated rings. The molecule has 2 amide bonds. The topological polar surface area (TPSA) is 68.3 Å². The number of fused-ring (bicyclic) bond motifs is 1. The van der Waals surface area contributed by atoms with Crippen LogP contribution >= 0.6 is 0 Å². The molecule has 0 radical (unpaired) electrons. The van der Waals surface area contributed by atoms with Crippen LogP contribution in [0.15, 0.2) is 54.6 Å². The van der Waals surface area contributed by atoms with Crippen molar-refractivity contribution in [2.45, 2.75) is 0 Å². The van der Waals surface area contributed by atoms with Gasteiger partial charge in [-0.15, -0.1) is 0 Å². The van der Waals surface area contributed by atoms with E-state index >= 15 is 0 Å². The molecule has 1 aliphatic rings. The Morgan fingerprint density at radius 3 is 1.88 bits per heavy atom. The van der Waals surface area contributed by atoms with Gasteiger partial charge in [0.25, 0.3) is 11.8 Å². The Bertz CT molecular complexity index is 1120. The van der Waals surface area contributed by atoms with Gasteiger partial charge in [-0.1, -0.05) is 36.4 Å². The fourth-order valence-electron chi connectivity index (χ4n) is 4.08. The second-order valence-corrected chi connectivity index (χ2v) is 7.53. The Labute approximate surface area is 187 Å². The molecule has 7 nitrogen and oxygen atoms in total. The van der Waals surface area contributed by atoms with Gasteiger partial charge in [-0.05, 0) is 29.0 Å². The van der Waals surface area contributed by atoms with Crippen molar-refractivity contribution in [3.63, 3.8) is 0 Å². The van der Waals surface area contributed by atoms with Gasteiger partial charge in [0.2, 0.25) is 5.75 Å². The Kier molecular flexibility index (Phi) is 6.16. The zero-order chi connectivity index (χ0) is 22.7. The number of ether oxygens (including phenoxy) is 3. The second kappa shape index (κ2) is 9.18. The summed E-state index contributed by atoms with van der Waals surface area (Å²) in [7, 11) is 4.56. The summed E-state index contributed by atoms with van der Waals surface area (Å²) in [5.74, 6) is 1.15.